The third-order valence-corrected chi connectivity index (χ3v) is 6.46. The average Bonchev–Trinajstić information content (AvgIpc) is 3.00. The van der Waals surface area contributed by atoms with E-state index in [1.165, 1.54) is 23.4 Å². The first-order valence-corrected chi connectivity index (χ1v) is 10.6. The van der Waals surface area contributed by atoms with E-state index < -0.39 is 10.0 Å². The Bertz CT molecular complexity index is 493. The molecule has 0 aromatic heterocycles. The summed E-state index contributed by atoms with van der Waals surface area (Å²) in [7, 11) is -3.13. The predicted molar refractivity (Wildman–Crippen MR) is 91.6 cm³/mol. The zero-order valence-electron chi connectivity index (χ0n) is 14.6. The lowest BCUT2D eigenvalue weighted by atomic mass is 9.96. The molecule has 1 atom stereocenters. The molecule has 134 valence electrons. The SMILES string of the molecule is CC(C)C(CNC(=O)C1CCN(S(C)(=O)=O)CC1)N1CCCC1. The second-order valence-electron chi connectivity index (χ2n) is 7.24. The van der Waals surface area contributed by atoms with E-state index in [-0.39, 0.29) is 11.8 Å². The number of carbonyl (C=O) groups excluding carboxylic acids is 1. The van der Waals surface area contributed by atoms with Crippen LogP contribution in [-0.2, 0) is 14.8 Å². The number of carbonyl (C=O) groups is 1. The number of hydrogen-bond acceptors (Lipinski definition) is 4. The predicted octanol–water partition coefficient (Wildman–Crippen LogP) is 0.895. The molecule has 1 unspecified atom stereocenters. The number of sulfonamides is 1. The van der Waals surface area contributed by atoms with Gasteiger partial charge in [0.15, 0.2) is 0 Å². The Kier molecular flexibility index (Phi) is 6.45. The van der Waals surface area contributed by atoms with Gasteiger partial charge in [0, 0.05) is 31.6 Å². The molecule has 0 aromatic carbocycles. The van der Waals surface area contributed by atoms with Crippen LogP contribution in [0.25, 0.3) is 0 Å². The molecule has 2 fully saturated rings. The molecule has 2 heterocycles. The number of rotatable bonds is 6. The maximum Gasteiger partial charge on any atom is 0.223 e. The molecule has 6 nitrogen and oxygen atoms in total. The number of amides is 1. The summed E-state index contributed by atoms with van der Waals surface area (Å²) in [6.07, 6.45) is 4.98. The Morgan fingerprint density at radius 3 is 2.17 bits per heavy atom. The van der Waals surface area contributed by atoms with Crippen LogP contribution in [0.15, 0.2) is 0 Å². The van der Waals surface area contributed by atoms with Crippen LogP contribution in [0.2, 0.25) is 0 Å². The monoisotopic (exact) mass is 345 g/mol. The van der Waals surface area contributed by atoms with Crippen molar-refractivity contribution in [2.75, 3.05) is 39.0 Å². The normalized spacial score (nSPS) is 23.3. The molecular weight excluding hydrogens is 314 g/mol. The van der Waals surface area contributed by atoms with Gasteiger partial charge in [-0.2, -0.15) is 0 Å². The van der Waals surface area contributed by atoms with E-state index in [0.29, 0.717) is 44.4 Å². The minimum Gasteiger partial charge on any atom is -0.354 e. The van der Waals surface area contributed by atoms with Crippen LogP contribution in [0.1, 0.15) is 39.5 Å². The fraction of sp³-hybridized carbons (Fsp3) is 0.938. The fourth-order valence-corrected chi connectivity index (χ4v) is 4.53. The maximum atomic E-state index is 12.4. The molecule has 23 heavy (non-hydrogen) atoms. The largest absolute Gasteiger partial charge is 0.354 e. The average molecular weight is 346 g/mol. The number of piperidine rings is 1. The fourth-order valence-electron chi connectivity index (χ4n) is 3.66. The minimum absolute atomic E-state index is 0.0561. The summed E-state index contributed by atoms with van der Waals surface area (Å²) in [4.78, 5) is 14.9. The lowest BCUT2D eigenvalue weighted by Gasteiger charge is -2.33. The summed E-state index contributed by atoms with van der Waals surface area (Å²) in [6, 6.07) is 0.401. The van der Waals surface area contributed by atoms with Crippen molar-refractivity contribution in [3.8, 4) is 0 Å². The van der Waals surface area contributed by atoms with Crippen LogP contribution < -0.4 is 5.32 Å². The van der Waals surface area contributed by atoms with Crippen LogP contribution in [0.4, 0.5) is 0 Å². The Balaban J connectivity index is 1.80. The first-order chi connectivity index (χ1) is 10.8. The van der Waals surface area contributed by atoms with Crippen molar-refractivity contribution in [3.63, 3.8) is 0 Å². The van der Waals surface area contributed by atoms with Gasteiger partial charge >= 0.3 is 0 Å². The van der Waals surface area contributed by atoms with Gasteiger partial charge in [-0.05, 0) is 44.7 Å². The summed E-state index contributed by atoms with van der Waals surface area (Å²) in [5.74, 6) is 0.544. The van der Waals surface area contributed by atoms with Crippen molar-refractivity contribution in [2.45, 2.75) is 45.6 Å². The van der Waals surface area contributed by atoms with Gasteiger partial charge in [0.1, 0.15) is 0 Å². The molecule has 1 amide bonds. The van der Waals surface area contributed by atoms with Crippen LogP contribution >= 0.6 is 0 Å². The third-order valence-electron chi connectivity index (χ3n) is 5.16. The zero-order valence-corrected chi connectivity index (χ0v) is 15.4. The summed E-state index contributed by atoms with van der Waals surface area (Å²) < 4.78 is 24.5. The van der Waals surface area contributed by atoms with Crippen molar-refractivity contribution in [2.24, 2.45) is 11.8 Å². The van der Waals surface area contributed by atoms with Crippen LogP contribution in [0.3, 0.4) is 0 Å². The Labute approximate surface area is 140 Å². The van der Waals surface area contributed by atoms with Crippen molar-refractivity contribution in [1.29, 1.82) is 0 Å². The topological polar surface area (TPSA) is 69.7 Å². The lowest BCUT2D eigenvalue weighted by Crippen LogP contribution is -2.48. The van der Waals surface area contributed by atoms with E-state index in [1.54, 1.807) is 0 Å². The van der Waals surface area contributed by atoms with Crippen molar-refractivity contribution in [1.82, 2.24) is 14.5 Å². The van der Waals surface area contributed by atoms with E-state index in [9.17, 15) is 13.2 Å². The lowest BCUT2D eigenvalue weighted by molar-refractivity contribution is -0.126. The number of nitrogens with one attached hydrogen (secondary N) is 1. The molecule has 0 spiro atoms. The molecule has 0 aliphatic carbocycles. The van der Waals surface area contributed by atoms with E-state index in [4.69, 9.17) is 0 Å². The Morgan fingerprint density at radius 1 is 1.13 bits per heavy atom. The summed E-state index contributed by atoms with van der Waals surface area (Å²) >= 11 is 0. The third kappa shape index (κ3) is 5.16. The molecule has 2 aliphatic heterocycles. The highest BCUT2D eigenvalue weighted by atomic mass is 32.2. The van der Waals surface area contributed by atoms with Crippen molar-refractivity contribution in [3.05, 3.63) is 0 Å². The van der Waals surface area contributed by atoms with Gasteiger partial charge in [0.05, 0.1) is 6.26 Å². The second kappa shape index (κ2) is 7.94. The van der Waals surface area contributed by atoms with Crippen molar-refractivity contribution >= 4 is 15.9 Å². The van der Waals surface area contributed by atoms with Gasteiger partial charge < -0.3 is 5.32 Å². The molecular formula is C16H31N3O3S. The van der Waals surface area contributed by atoms with Gasteiger partial charge in [0.25, 0.3) is 0 Å². The highest BCUT2D eigenvalue weighted by molar-refractivity contribution is 7.88. The van der Waals surface area contributed by atoms with Crippen molar-refractivity contribution < 1.29 is 13.2 Å². The summed E-state index contributed by atoms with van der Waals surface area (Å²) in [6.45, 7) is 8.28. The van der Waals surface area contributed by atoms with E-state index in [0.717, 1.165) is 13.1 Å². The maximum absolute atomic E-state index is 12.4. The first-order valence-electron chi connectivity index (χ1n) is 8.76. The summed E-state index contributed by atoms with van der Waals surface area (Å²) in [5.41, 5.74) is 0. The standard InChI is InChI=1S/C16H31N3O3S/c1-13(2)15(18-8-4-5-9-18)12-17-16(20)14-6-10-19(11-7-14)23(3,21)22/h13-15H,4-12H2,1-3H3,(H,17,20). The number of likely N-dealkylation sites (tertiary alicyclic amines) is 1. The van der Waals surface area contributed by atoms with E-state index in [2.05, 4.69) is 24.1 Å². The van der Waals surface area contributed by atoms with Crippen LogP contribution in [-0.4, -0.2) is 68.6 Å². The van der Waals surface area contributed by atoms with Gasteiger partial charge in [-0.1, -0.05) is 13.8 Å². The molecule has 0 saturated carbocycles. The zero-order chi connectivity index (χ0) is 17.0. The highest BCUT2D eigenvalue weighted by Gasteiger charge is 2.30. The second-order valence-corrected chi connectivity index (χ2v) is 9.22. The van der Waals surface area contributed by atoms with Gasteiger partial charge in [-0.25, -0.2) is 12.7 Å². The molecule has 0 aromatic rings. The van der Waals surface area contributed by atoms with Crippen LogP contribution in [0, 0.1) is 11.8 Å². The highest BCUT2D eigenvalue weighted by Crippen LogP contribution is 2.20. The molecule has 2 saturated heterocycles. The minimum atomic E-state index is -3.13. The Morgan fingerprint density at radius 2 is 1.70 bits per heavy atom. The smallest absolute Gasteiger partial charge is 0.223 e. The molecule has 0 bridgehead atoms. The first kappa shape index (κ1) is 18.7. The molecule has 7 heteroatoms. The molecule has 2 rings (SSSR count). The van der Waals surface area contributed by atoms with E-state index in [1.807, 2.05) is 0 Å². The molecule has 0 radical (unpaired) electrons. The quantitative estimate of drug-likeness (QED) is 0.776. The van der Waals surface area contributed by atoms with Gasteiger partial charge in [-0.3, -0.25) is 9.69 Å². The number of nitrogens with zero attached hydrogens (tertiary/aromatic N) is 2. The Hall–Kier alpha value is -0.660. The number of hydrogen-bond donors (Lipinski definition) is 1. The molecule has 2 aliphatic rings. The summed E-state index contributed by atoms with van der Waals surface area (Å²) in [5, 5.41) is 3.12. The molecule has 1 N–H and O–H groups in total. The van der Waals surface area contributed by atoms with Crippen LogP contribution in [0.5, 0.6) is 0 Å². The van der Waals surface area contributed by atoms with Gasteiger partial charge in [-0.15, -0.1) is 0 Å². The van der Waals surface area contributed by atoms with Gasteiger partial charge in [0.2, 0.25) is 15.9 Å². The van der Waals surface area contributed by atoms with E-state index >= 15 is 0 Å².